The average Bonchev–Trinajstić information content (AvgIpc) is 3.00. The second-order valence-corrected chi connectivity index (χ2v) is 12.9. The van der Waals surface area contributed by atoms with Crippen LogP contribution in [0.25, 0.3) is 0 Å². The Morgan fingerprint density at radius 3 is 2.10 bits per heavy atom. The van der Waals surface area contributed by atoms with Crippen molar-refractivity contribution < 1.29 is 18.0 Å². The topological polar surface area (TPSA) is 86.8 Å². The van der Waals surface area contributed by atoms with Gasteiger partial charge in [0.05, 0.1) is 10.6 Å². The third-order valence-electron chi connectivity index (χ3n) is 6.90. The van der Waals surface area contributed by atoms with E-state index in [4.69, 9.17) is 11.6 Å². The van der Waals surface area contributed by atoms with Crippen molar-refractivity contribution in [1.82, 2.24) is 10.2 Å². The summed E-state index contributed by atoms with van der Waals surface area (Å²) in [5, 5.41) is 3.05. The first-order chi connectivity index (χ1) is 20.1. The summed E-state index contributed by atoms with van der Waals surface area (Å²) in [4.78, 5) is 29.1. The highest BCUT2D eigenvalue weighted by Gasteiger charge is 2.35. The summed E-state index contributed by atoms with van der Waals surface area (Å²) in [5.41, 5.74) is 2.44. The van der Waals surface area contributed by atoms with Crippen LogP contribution in [0.3, 0.4) is 0 Å². The van der Waals surface area contributed by atoms with Crippen LogP contribution in [0.4, 0.5) is 5.69 Å². The Bertz CT molecular complexity index is 1640. The minimum Gasteiger partial charge on any atom is -0.357 e. The Morgan fingerprint density at radius 1 is 0.857 bits per heavy atom. The van der Waals surface area contributed by atoms with E-state index in [9.17, 15) is 18.0 Å². The molecular formula is C32H31BrClN3O4S. The van der Waals surface area contributed by atoms with Crippen LogP contribution in [0, 0.1) is 6.92 Å². The Kier molecular flexibility index (Phi) is 10.4. The smallest absolute Gasteiger partial charge is 0.264 e. The summed E-state index contributed by atoms with van der Waals surface area (Å²) in [6.45, 7) is 1.25. The van der Waals surface area contributed by atoms with Gasteiger partial charge in [0.25, 0.3) is 10.0 Å². The van der Waals surface area contributed by atoms with Gasteiger partial charge in [0.1, 0.15) is 12.6 Å². The summed E-state index contributed by atoms with van der Waals surface area (Å²) in [7, 11) is -2.67. The number of carbonyl (C=O) groups is 2. The van der Waals surface area contributed by atoms with Gasteiger partial charge in [-0.15, -0.1) is 0 Å². The zero-order valence-electron chi connectivity index (χ0n) is 23.2. The van der Waals surface area contributed by atoms with Crippen molar-refractivity contribution in [3.63, 3.8) is 0 Å². The first-order valence-corrected chi connectivity index (χ1v) is 15.8. The number of benzene rings is 4. The number of carbonyl (C=O) groups excluding carboxylic acids is 2. The van der Waals surface area contributed by atoms with Gasteiger partial charge in [-0.2, -0.15) is 0 Å². The molecule has 4 rings (SSSR count). The molecule has 0 fully saturated rings. The van der Waals surface area contributed by atoms with Gasteiger partial charge >= 0.3 is 0 Å². The highest BCUT2D eigenvalue weighted by Crippen LogP contribution is 2.31. The number of amides is 2. The van der Waals surface area contributed by atoms with Gasteiger partial charge in [0.15, 0.2) is 0 Å². The number of nitrogens with zero attached hydrogens (tertiary/aromatic N) is 2. The summed E-state index contributed by atoms with van der Waals surface area (Å²) >= 11 is 9.84. The SMILES string of the molecule is CNC(=O)C(Cc1ccccc1)N(Cc1ccc(Br)cc1)C(=O)CN(c1cccc(Cl)c1C)S(=O)(=O)c1ccccc1. The Balaban J connectivity index is 1.81. The lowest BCUT2D eigenvalue weighted by atomic mass is 10.0. The molecule has 1 atom stereocenters. The zero-order valence-corrected chi connectivity index (χ0v) is 26.4. The van der Waals surface area contributed by atoms with Crippen molar-refractivity contribution in [3.8, 4) is 0 Å². The van der Waals surface area contributed by atoms with Crippen LogP contribution < -0.4 is 9.62 Å². The molecule has 4 aromatic carbocycles. The van der Waals surface area contributed by atoms with Gasteiger partial charge in [-0.1, -0.05) is 94.3 Å². The molecule has 10 heteroatoms. The molecule has 0 aromatic heterocycles. The van der Waals surface area contributed by atoms with Gasteiger partial charge in [-0.3, -0.25) is 13.9 Å². The fourth-order valence-electron chi connectivity index (χ4n) is 4.61. The number of halogens is 2. The molecular weight excluding hydrogens is 638 g/mol. The Hall–Kier alpha value is -3.66. The Labute approximate surface area is 260 Å². The molecule has 1 N–H and O–H groups in total. The summed E-state index contributed by atoms with van der Waals surface area (Å²) in [5.74, 6) is -0.901. The lowest BCUT2D eigenvalue weighted by Gasteiger charge is -2.34. The molecule has 2 amide bonds. The van der Waals surface area contributed by atoms with E-state index in [1.807, 2.05) is 54.6 Å². The predicted octanol–water partition coefficient (Wildman–Crippen LogP) is 5.99. The first-order valence-electron chi connectivity index (χ1n) is 13.2. The lowest BCUT2D eigenvalue weighted by Crippen LogP contribution is -2.53. The van der Waals surface area contributed by atoms with E-state index in [0.717, 1.165) is 19.9 Å². The van der Waals surface area contributed by atoms with E-state index >= 15 is 0 Å². The molecule has 218 valence electrons. The van der Waals surface area contributed by atoms with Crippen molar-refractivity contribution >= 4 is 55.1 Å². The second-order valence-electron chi connectivity index (χ2n) is 9.68. The van der Waals surface area contributed by atoms with Crippen molar-refractivity contribution in [2.75, 3.05) is 17.9 Å². The van der Waals surface area contributed by atoms with Gasteiger partial charge in [0.2, 0.25) is 11.8 Å². The predicted molar refractivity (Wildman–Crippen MR) is 170 cm³/mol. The molecule has 7 nitrogen and oxygen atoms in total. The number of anilines is 1. The van der Waals surface area contributed by atoms with E-state index in [1.165, 1.54) is 24.1 Å². The number of nitrogens with one attached hydrogen (secondary N) is 1. The minimum atomic E-state index is -4.19. The normalized spacial score (nSPS) is 11.9. The highest BCUT2D eigenvalue weighted by atomic mass is 79.9. The first kappa shape index (κ1) is 31.3. The lowest BCUT2D eigenvalue weighted by molar-refractivity contribution is -0.139. The van der Waals surface area contributed by atoms with Crippen LogP contribution >= 0.6 is 27.5 Å². The largest absolute Gasteiger partial charge is 0.357 e. The van der Waals surface area contributed by atoms with E-state index in [1.54, 1.807) is 43.3 Å². The maximum atomic E-state index is 14.3. The number of rotatable bonds is 11. The second kappa shape index (κ2) is 14.0. The average molecular weight is 669 g/mol. The highest BCUT2D eigenvalue weighted by molar-refractivity contribution is 9.10. The fourth-order valence-corrected chi connectivity index (χ4v) is 6.53. The summed E-state index contributed by atoms with van der Waals surface area (Å²) in [6, 6.07) is 28.8. The molecule has 0 saturated heterocycles. The van der Waals surface area contributed by atoms with Crippen LogP contribution in [0.2, 0.25) is 5.02 Å². The van der Waals surface area contributed by atoms with Gasteiger partial charge < -0.3 is 10.2 Å². The van der Waals surface area contributed by atoms with Gasteiger partial charge in [-0.05, 0) is 60.0 Å². The van der Waals surface area contributed by atoms with Crippen molar-refractivity contribution in [3.05, 3.63) is 129 Å². The van der Waals surface area contributed by atoms with Gasteiger partial charge in [-0.25, -0.2) is 8.42 Å². The maximum Gasteiger partial charge on any atom is 0.264 e. The minimum absolute atomic E-state index is 0.0313. The number of hydrogen-bond acceptors (Lipinski definition) is 4. The third kappa shape index (κ3) is 7.40. The van der Waals surface area contributed by atoms with E-state index in [0.29, 0.717) is 10.6 Å². The zero-order chi connectivity index (χ0) is 30.3. The number of sulfonamides is 1. The molecule has 0 spiro atoms. The number of likely N-dealkylation sites (N-methyl/N-ethyl adjacent to an activating group) is 1. The van der Waals surface area contributed by atoms with E-state index in [2.05, 4.69) is 21.2 Å². The molecule has 0 saturated carbocycles. The van der Waals surface area contributed by atoms with E-state index in [-0.39, 0.29) is 29.5 Å². The molecule has 42 heavy (non-hydrogen) atoms. The van der Waals surface area contributed by atoms with Crippen molar-refractivity contribution in [2.24, 2.45) is 0 Å². The summed E-state index contributed by atoms with van der Waals surface area (Å²) < 4.78 is 30.0. The van der Waals surface area contributed by atoms with Crippen LogP contribution in [0.15, 0.2) is 112 Å². The Morgan fingerprint density at radius 2 is 1.48 bits per heavy atom. The number of hydrogen-bond donors (Lipinski definition) is 1. The molecule has 0 bridgehead atoms. The monoisotopic (exact) mass is 667 g/mol. The van der Waals surface area contributed by atoms with Crippen LogP contribution in [-0.2, 0) is 32.6 Å². The maximum absolute atomic E-state index is 14.3. The fraction of sp³-hybridized carbons (Fsp3) is 0.188. The summed E-state index contributed by atoms with van der Waals surface area (Å²) in [6.07, 6.45) is 0.240. The van der Waals surface area contributed by atoms with Crippen LogP contribution in [0.5, 0.6) is 0 Å². The molecule has 4 aromatic rings. The molecule has 1 unspecified atom stereocenters. The molecule has 0 aliphatic heterocycles. The van der Waals surface area contributed by atoms with Crippen molar-refractivity contribution in [1.29, 1.82) is 0 Å². The van der Waals surface area contributed by atoms with Crippen molar-refractivity contribution in [2.45, 2.75) is 30.8 Å². The molecule has 0 aliphatic rings. The van der Waals surface area contributed by atoms with Crippen LogP contribution in [-0.4, -0.2) is 44.8 Å². The quantitative estimate of drug-likeness (QED) is 0.213. The third-order valence-corrected chi connectivity index (χ3v) is 9.61. The van der Waals surface area contributed by atoms with Gasteiger partial charge in [0, 0.05) is 29.5 Å². The molecule has 0 radical (unpaired) electrons. The molecule has 0 aliphatic carbocycles. The standard InChI is InChI=1S/C32H31BrClN3O4S/c1-23-28(34)14-9-15-29(23)37(42(40,41)27-12-7-4-8-13-27)22-31(38)36(21-25-16-18-26(33)19-17-25)30(32(39)35-2)20-24-10-5-3-6-11-24/h3-19,30H,20-22H2,1-2H3,(H,35,39). The van der Waals surface area contributed by atoms with Crippen LogP contribution in [0.1, 0.15) is 16.7 Å². The molecule has 0 heterocycles. The van der Waals surface area contributed by atoms with E-state index < -0.39 is 28.5 Å².